The predicted molar refractivity (Wildman–Crippen MR) is 134 cm³/mol. The van der Waals surface area contributed by atoms with Crippen LogP contribution in [0.3, 0.4) is 0 Å². The zero-order valence-electron chi connectivity index (χ0n) is 19.6. The number of anilines is 2. The van der Waals surface area contributed by atoms with E-state index in [1.54, 1.807) is 24.3 Å². The molecule has 0 saturated heterocycles. The van der Waals surface area contributed by atoms with Crippen molar-refractivity contribution in [3.63, 3.8) is 0 Å². The molecule has 10 heteroatoms. The van der Waals surface area contributed by atoms with Crippen LogP contribution in [0.25, 0.3) is 0 Å². The number of carbonyl (C=O) groups excluding carboxylic acids is 6. The van der Waals surface area contributed by atoms with Gasteiger partial charge in [-0.2, -0.15) is 0 Å². The van der Waals surface area contributed by atoms with Gasteiger partial charge in [0, 0.05) is 49.5 Å². The van der Waals surface area contributed by atoms with Gasteiger partial charge in [0.1, 0.15) is 0 Å². The summed E-state index contributed by atoms with van der Waals surface area (Å²) in [5.41, 5.74) is 8.24. The van der Waals surface area contributed by atoms with Crippen LogP contribution in [0.5, 0.6) is 0 Å². The zero-order valence-corrected chi connectivity index (χ0v) is 19.6. The van der Waals surface area contributed by atoms with Crippen molar-refractivity contribution in [1.82, 2.24) is 4.90 Å². The molecule has 0 radical (unpaired) electrons. The third-order valence-electron chi connectivity index (χ3n) is 5.67. The summed E-state index contributed by atoms with van der Waals surface area (Å²) >= 11 is 0. The summed E-state index contributed by atoms with van der Waals surface area (Å²) in [5.74, 6) is -1.91. The van der Waals surface area contributed by atoms with E-state index >= 15 is 0 Å². The van der Waals surface area contributed by atoms with Crippen molar-refractivity contribution in [2.45, 2.75) is 6.42 Å². The Morgan fingerprint density at radius 1 is 0.486 bits per heavy atom. The number of hydrogen-bond acceptors (Lipinski definition) is 7. The molecule has 3 aliphatic rings. The monoisotopic (exact) mass is 498 g/mol. The van der Waals surface area contributed by atoms with Crippen LogP contribution in [-0.2, 0) is 35.2 Å². The highest BCUT2D eigenvalue weighted by Gasteiger charge is 2.26. The smallest absolute Gasteiger partial charge is 0.258 e. The summed E-state index contributed by atoms with van der Waals surface area (Å²) in [7, 11) is 0. The number of imide groups is 3. The second-order valence-electron chi connectivity index (χ2n) is 8.15. The molecular weight excluding hydrogens is 476 g/mol. The van der Waals surface area contributed by atoms with Crippen LogP contribution in [0.4, 0.5) is 11.4 Å². The molecule has 0 saturated carbocycles. The highest BCUT2D eigenvalue weighted by atomic mass is 16.2. The van der Waals surface area contributed by atoms with Crippen molar-refractivity contribution in [1.29, 1.82) is 0 Å². The number of nitrogens with zero attached hydrogens (tertiary/aromatic N) is 3. The maximum Gasteiger partial charge on any atom is 0.258 e. The SMILES string of the molecule is NCCN1C(=O)C=CC1=O.O=C1C=CC(=O)N1c1ccc(Cc2ccc(N3C(=O)C=CC3=O)cc2)cc1. The Hall–Kier alpha value is -4.96. The van der Waals surface area contributed by atoms with Crippen LogP contribution in [-0.4, -0.2) is 53.4 Å². The van der Waals surface area contributed by atoms with Crippen molar-refractivity contribution >= 4 is 46.8 Å². The minimum absolute atomic E-state index is 0.268. The summed E-state index contributed by atoms with van der Waals surface area (Å²) in [6, 6.07) is 14.4. The summed E-state index contributed by atoms with van der Waals surface area (Å²) < 4.78 is 0. The quantitative estimate of drug-likeness (QED) is 0.587. The van der Waals surface area contributed by atoms with Gasteiger partial charge in [0.2, 0.25) is 0 Å². The second kappa shape index (κ2) is 10.8. The van der Waals surface area contributed by atoms with Gasteiger partial charge in [0.15, 0.2) is 0 Å². The fourth-order valence-corrected chi connectivity index (χ4v) is 3.85. The van der Waals surface area contributed by atoms with Gasteiger partial charge in [-0.05, 0) is 41.8 Å². The Labute approximate surface area is 211 Å². The lowest BCUT2D eigenvalue weighted by Crippen LogP contribution is -2.34. The van der Waals surface area contributed by atoms with Crippen LogP contribution in [0.15, 0.2) is 85.0 Å². The predicted octanol–water partition coefficient (Wildman–Crippen LogP) is 1.01. The molecule has 0 fully saturated rings. The van der Waals surface area contributed by atoms with E-state index in [2.05, 4.69) is 0 Å². The third-order valence-corrected chi connectivity index (χ3v) is 5.67. The summed E-state index contributed by atoms with van der Waals surface area (Å²) in [6.45, 7) is 0.629. The lowest BCUT2D eigenvalue weighted by molar-refractivity contribution is -0.136. The Bertz CT molecular complexity index is 1240. The van der Waals surface area contributed by atoms with Crippen LogP contribution in [0.2, 0.25) is 0 Å². The average molecular weight is 498 g/mol. The molecule has 3 heterocycles. The normalized spacial score (nSPS) is 16.4. The molecule has 0 bridgehead atoms. The Morgan fingerprint density at radius 2 is 0.811 bits per heavy atom. The Kier molecular flexibility index (Phi) is 7.31. The van der Waals surface area contributed by atoms with E-state index in [0.29, 0.717) is 30.9 Å². The maximum absolute atomic E-state index is 11.7. The second-order valence-corrected chi connectivity index (χ2v) is 8.15. The van der Waals surface area contributed by atoms with E-state index in [1.165, 1.54) is 36.5 Å². The van der Waals surface area contributed by atoms with Crippen molar-refractivity contribution in [3.8, 4) is 0 Å². The van der Waals surface area contributed by atoms with Gasteiger partial charge in [-0.25, -0.2) is 9.80 Å². The number of amides is 6. The number of rotatable bonds is 6. The maximum atomic E-state index is 11.7. The van der Waals surface area contributed by atoms with Crippen molar-refractivity contribution in [3.05, 3.63) is 96.1 Å². The Balaban J connectivity index is 0.000000270. The van der Waals surface area contributed by atoms with Crippen LogP contribution < -0.4 is 15.5 Å². The molecule has 2 aromatic carbocycles. The number of nitrogens with two attached hydrogens (primary N) is 1. The van der Waals surface area contributed by atoms with Crippen LogP contribution >= 0.6 is 0 Å². The van der Waals surface area contributed by atoms with E-state index in [9.17, 15) is 28.8 Å². The van der Waals surface area contributed by atoms with Gasteiger partial charge >= 0.3 is 0 Å². The first-order chi connectivity index (χ1) is 17.8. The molecule has 0 unspecified atom stereocenters. The highest BCUT2D eigenvalue weighted by molar-refractivity contribution is 6.28. The van der Waals surface area contributed by atoms with Gasteiger partial charge in [0.05, 0.1) is 11.4 Å². The first-order valence-corrected chi connectivity index (χ1v) is 11.3. The number of carbonyl (C=O) groups is 6. The van der Waals surface area contributed by atoms with Gasteiger partial charge in [-0.3, -0.25) is 33.7 Å². The van der Waals surface area contributed by atoms with E-state index < -0.39 is 0 Å². The molecule has 0 aliphatic carbocycles. The molecule has 0 aromatic heterocycles. The molecule has 5 rings (SSSR count). The molecule has 0 spiro atoms. The van der Waals surface area contributed by atoms with Crippen LogP contribution in [0.1, 0.15) is 11.1 Å². The number of benzene rings is 2. The standard InChI is InChI=1S/C21H14N2O4.C6H8N2O2/c24-18-9-10-19(25)22(18)16-5-1-14(2-6-16)13-15-3-7-17(8-4-15)23-20(26)11-12-21(23)27;7-3-4-8-5(9)1-2-6(8)10/h1-12H,13H2;1-2H,3-4,7H2. The number of hydrogen-bond donors (Lipinski definition) is 1. The minimum atomic E-state index is -0.344. The molecule has 186 valence electrons. The molecule has 2 N–H and O–H groups in total. The molecular formula is C27H22N4O6. The fraction of sp³-hybridized carbons (Fsp3) is 0.111. The third kappa shape index (κ3) is 5.49. The fourth-order valence-electron chi connectivity index (χ4n) is 3.85. The summed E-state index contributed by atoms with van der Waals surface area (Å²) in [5, 5.41) is 0. The summed E-state index contributed by atoms with van der Waals surface area (Å²) in [6.07, 6.45) is 8.15. The lowest BCUT2D eigenvalue weighted by atomic mass is 10.0. The molecule has 6 amide bonds. The zero-order chi connectivity index (χ0) is 26.5. The van der Waals surface area contributed by atoms with Crippen LogP contribution in [0, 0.1) is 0 Å². The van der Waals surface area contributed by atoms with Crippen molar-refractivity contribution in [2.24, 2.45) is 5.73 Å². The van der Waals surface area contributed by atoms with Gasteiger partial charge in [-0.15, -0.1) is 0 Å². The van der Waals surface area contributed by atoms with Gasteiger partial charge < -0.3 is 5.73 Å². The molecule has 10 nitrogen and oxygen atoms in total. The van der Waals surface area contributed by atoms with E-state index in [0.717, 1.165) is 25.8 Å². The van der Waals surface area contributed by atoms with E-state index in [-0.39, 0.29) is 35.4 Å². The van der Waals surface area contributed by atoms with Crippen molar-refractivity contribution < 1.29 is 28.8 Å². The molecule has 37 heavy (non-hydrogen) atoms. The largest absolute Gasteiger partial charge is 0.329 e. The first-order valence-electron chi connectivity index (χ1n) is 11.3. The van der Waals surface area contributed by atoms with Gasteiger partial charge in [-0.1, -0.05) is 24.3 Å². The first kappa shape index (κ1) is 25.1. The van der Waals surface area contributed by atoms with Gasteiger partial charge in [0.25, 0.3) is 35.4 Å². The lowest BCUT2D eigenvalue weighted by Gasteiger charge is -2.15. The minimum Gasteiger partial charge on any atom is -0.329 e. The van der Waals surface area contributed by atoms with E-state index in [4.69, 9.17) is 5.73 Å². The van der Waals surface area contributed by atoms with E-state index in [1.807, 2.05) is 24.3 Å². The highest BCUT2D eigenvalue weighted by Crippen LogP contribution is 2.23. The summed E-state index contributed by atoms with van der Waals surface area (Å²) in [4.78, 5) is 71.7. The molecule has 2 aromatic rings. The topological polar surface area (TPSA) is 138 Å². The molecule has 3 aliphatic heterocycles. The average Bonchev–Trinajstić information content (AvgIpc) is 3.52. The van der Waals surface area contributed by atoms with Crippen molar-refractivity contribution in [2.75, 3.05) is 22.9 Å². The molecule has 0 atom stereocenters. The Morgan fingerprint density at radius 3 is 1.14 bits per heavy atom.